The first-order valence-electron chi connectivity index (χ1n) is 13.5. The van der Waals surface area contributed by atoms with Crippen LogP contribution in [0.3, 0.4) is 0 Å². The minimum absolute atomic E-state index is 0.137. The molecule has 9 nitrogen and oxygen atoms in total. The molecule has 2 aromatic carbocycles. The first kappa shape index (κ1) is 28.2. The monoisotopic (exact) mass is 564 g/mol. The molecular formula is C33H32N4O5. The Bertz CT molecular complexity index is 1740. The fourth-order valence-electron chi connectivity index (χ4n) is 4.86. The lowest BCUT2D eigenvalue weighted by Gasteiger charge is -2.10. The number of ether oxygens (including phenoxy) is 2. The number of nitrogens with zero attached hydrogens (tertiary/aromatic N) is 3. The molecular weight excluding hydrogens is 532 g/mol. The van der Waals surface area contributed by atoms with Crippen molar-refractivity contribution in [3.63, 3.8) is 0 Å². The van der Waals surface area contributed by atoms with E-state index in [0.29, 0.717) is 17.3 Å². The van der Waals surface area contributed by atoms with Gasteiger partial charge in [0.25, 0.3) is 0 Å². The summed E-state index contributed by atoms with van der Waals surface area (Å²) < 4.78 is 20.9. The van der Waals surface area contributed by atoms with Crippen LogP contribution in [-0.4, -0.2) is 27.2 Å². The van der Waals surface area contributed by atoms with Crippen molar-refractivity contribution < 1.29 is 23.5 Å². The topological polar surface area (TPSA) is 100.0 Å². The lowest BCUT2D eigenvalue weighted by atomic mass is 10.2. The number of aromatic nitrogens is 2. The molecule has 0 radical (unpaired) electrons. The summed E-state index contributed by atoms with van der Waals surface area (Å²) in [6.45, 7) is 9.64. The van der Waals surface area contributed by atoms with Crippen LogP contribution in [-0.2, 0) is 11.4 Å². The van der Waals surface area contributed by atoms with E-state index >= 15 is 0 Å². The van der Waals surface area contributed by atoms with Gasteiger partial charge in [0.2, 0.25) is 0 Å². The van der Waals surface area contributed by atoms with Gasteiger partial charge in [-0.3, -0.25) is 9.59 Å². The molecule has 0 spiro atoms. The van der Waals surface area contributed by atoms with Gasteiger partial charge in [0, 0.05) is 46.6 Å². The molecule has 0 aliphatic rings. The number of aryl methyl sites for hydroxylation is 3. The van der Waals surface area contributed by atoms with Crippen LogP contribution in [0.5, 0.6) is 11.5 Å². The lowest BCUT2D eigenvalue weighted by Crippen LogP contribution is -2.16. The highest BCUT2D eigenvalue weighted by atomic mass is 16.5. The molecule has 0 saturated heterocycles. The number of rotatable bonds is 9. The molecule has 9 heteroatoms. The SMILES string of the molecule is CC(=O)Oc1ccc(-n2c(C)cc(/C=N/NC(=O)c3ccc(COc4ccc(-n5c(C)ccc5C)cc4)o3)c2C)cc1. The van der Waals surface area contributed by atoms with Gasteiger partial charge >= 0.3 is 11.9 Å². The number of hydrogen-bond acceptors (Lipinski definition) is 6. The zero-order valence-corrected chi connectivity index (χ0v) is 24.2. The summed E-state index contributed by atoms with van der Waals surface area (Å²) in [7, 11) is 0. The quantitative estimate of drug-likeness (QED) is 0.0972. The molecule has 1 amide bonds. The Morgan fingerprint density at radius 2 is 1.43 bits per heavy atom. The van der Waals surface area contributed by atoms with Gasteiger partial charge in [0.15, 0.2) is 5.76 Å². The van der Waals surface area contributed by atoms with Crippen molar-refractivity contribution in [3.05, 3.63) is 119 Å². The second-order valence-corrected chi connectivity index (χ2v) is 9.95. The summed E-state index contributed by atoms with van der Waals surface area (Å²) in [6, 6.07) is 24.5. The predicted octanol–water partition coefficient (Wildman–Crippen LogP) is 6.36. The van der Waals surface area contributed by atoms with Crippen LogP contribution in [0.25, 0.3) is 11.4 Å². The van der Waals surface area contributed by atoms with Crippen LogP contribution < -0.4 is 14.9 Å². The third kappa shape index (κ3) is 6.20. The van der Waals surface area contributed by atoms with E-state index in [4.69, 9.17) is 13.9 Å². The van der Waals surface area contributed by atoms with E-state index in [-0.39, 0.29) is 18.3 Å². The summed E-state index contributed by atoms with van der Waals surface area (Å²) in [6.07, 6.45) is 1.59. The number of nitrogens with one attached hydrogen (secondary N) is 1. The van der Waals surface area contributed by atoms with Gasteiger partial charge in [-0.05, 0) is 107 Å². The fraction of sp³-hybridized carbons (Fsp3) is 0.182. The highest BCUT2D eigenvalue weighted by molar-refractivity contribution is 5.92. The Balaban J connectivity index is 1.17. The molecule has 214 valence electrons. The molecule has 0 unspecified atom stereocenters. The van der Waals surface area contributed by atoms with Crippen molar-refractivity contribution in [1.29, 1.82) is 0 Å². The summed E-state index contributed by atoms with van der Waals surface area (Å²) in [5.41, 5.74) is 9.61. The molecule has 5 aromatic rings. The van der Waals surface area contributed by atoms with Gasteiger partial charge in [0.1, 0.15) is 23.9 Å². The summed E-state index contributed by atoms with van der Waals surface area (Å²) in [5, 5.41) is 4.13. The van der Waals surface area contributed by atoms with Crippen molar-refractivity contribution in [2.45, 2.75) is 41.2 Å². The third-order valence-corrected chi connectivity index (χ3v) is 6.83. The zero-order chi connectivity index (χ0) is 29.8. The Kier molecular flexibility index (Phi) is 8.10. The fourth-order valence-corrected chi connectivity index (χ4v) is 4.86. The van der Waals surface area contributed by atoms with Crippen LogP contribution in [0, 0.1) is 27.7 Å². The largest absolute Gasteiger partial charge is 0.486 e. The van der Waals surface area contributed by atoms with Gasteiger partial charge < -0.3 is 23.0 Å². The van der Waals surface area contributed by atoms with Crippen molar-refractivity contribution in [2.75, 3.05) is 0 Å². The Hall–Kier alpha value is -5.31. The van der Waals surface area contributed by atoms with E-state index < -0.39 is 5.91 Å². The molecule has 3 heterocycles. The van der Waals surface area contributed by atoms with E-state index in [2.05, 4.69) is 45.6 Å². The molecule has 0 aliphatic carbocycles. The Morgan fingerprint density at radius 3 is 2.07 bits per heavy atom. The molecule has 0 saturated carbocycles. The van der Waals surface area contributed by atoms with Crippen molar-refractivity contribution in [3.8, 4) is 22.9 Å². The predicted molar refractivity (Wildman–Crippen MR) is 160 cm³/mol. The Labute approximate surface area is 244 Å². The summed E-state index contributed by atoms with van der Waals surface area (Å²) in [5.74, 6) is 1.01. The number of carbonyl (C=O) groups is 2. The molecule has 42 heavy (non-hydrogen) atoms. The average Bonchev–Trinajstić information content (AvgIpc) is 3.65. The number of esters is 1. The molecule has 0 bridgehead atoms. The van der Waals surface area contributed by atoms with Crippen LogP contribution in [0.2, 0.25) is 0 Å². The molecule has 1 N–H and O–H groups in total. The number of furan rings is 1. The molecule has 0 aliphatic heterocycles. The molecule has 0 fully saturated rings. The normalized spacial score (nSPS) is 11.2. The standard InChI is InChI=1S/C33H32N4O5/c1-21-6-7-22(2)36(21)27-8-12-29(13-9-27)40-20-31-16-17-32(42-31)33(39)35-34-19-26-18-23(3)37(24(26)4)28-10-14-30(15-11-28)41-25(5)38/h6-19H,20H2,1-5H3,(H,35,39)/b34-19+. The third-order valence-electron chi connectivity index (χ3n) is 6.83. The summed E-state index contributed by atoms with van der Waals surface area (Å²) in [4.78, 5) is 23.8. The van der Waals surface area contributed by atoms with E-state index in [1.54, 1.807) is 30.5 Å². The maximum Gasteiger partial charge on any atom is 0.308 e. The van der Waals surface area contributed by atoms with Gasteiger partial charge in [-0.2, -0.15) is 5.10 Å². The lowest BCUT2D eigenvalue weighted by molar-refractivity contribution is -0.131. The van der Waals surface area contributed by atoms with Gasteiger partial charge in [-0.25, -0.2) is 5.43 Å². The highest BCUT2D eigenvalue weighted by Crippen LogP contribution is 2.23. The highest BCUT2D eigenvalue weighted by Gasteiger charge is 2.13. The number of benzene rings is 2. The zero-order valence-electron chi connectivity index (χ0n) is 24.2. The van der Waals surface area contributed by atoms with Crippen LogP contribution >= 0.6 is 0 Å². The van der Waals surface area contributed by atoms with Crippen LogP contribution in [0.4, 0.5) is 0 Å². The second kappa shape index (κ2) is 12.1. The summed E-state index contributed by atoms with van der Waals surface area (Å²) >= 11 is 0. The maximum absolute atomic E-state index is 12.6. The van der Waals surface area contributed by atoms with Crippen LogP contribution in [0.15, 0.2) is 88.4 Å². The molecule has 3 aromatic heterocycles. The van der Waals surface area contributed by atoms with E-state index in [1.807, 2.05) is 56.3 Å². The van der Waals surface area contributed by atoms with Crippen molar-refractivity contribution in [2.24, 2.45) is 5.10 Å². The van der Waals surface area contributed by atoms with Crippen molar-refractivity contribution in [1.82, 2.24) is 14.6 Å². The smallest absolute Gasteiger partial charge is 0.308 e. The first-order valence-corrected chi connectivity index (χ1v) is 13.5. The van der Waals surface area contributed by atoms with Gasteiger partial charge in [-0.15, -0.1) is 0 Å². The second-order valence-electron chi connectivity index (χ2n) is 9.95. The number of hydrogen-bond donors (Lipinski definition) is 1. The molecule has 0 atom stereocenters. The maximum atomic E-state index is 12.6. The van der Waals surface area contributed by atoms with E-state index in [9.17, 15) is 9.59 Å². The number of amides is 1. The molecule has 5 rings (SSSR count). The minimum atomic E-state index is -0.464. The van der Waals surface area contributed by atoms with Crippen molar-refractivity contribution >= 4 is 18.1 Å². The van der Waals surface area contributed by atoms with E-state index in [0.717, 1.165) is 28.3 Å². The van der Waals surface area contributed by atoms with Gasteiger partial charge in [-0.1, -0.05) is 0 Å². The number of hydrazone groups is 1. The first-order chi connectivity index (χ1) is 20.2. The average molecular weight is 565 g/mol. The minimum Gasteiger partial charge on any atom is -0.486 e. The van der Waals surface area contributed by atoms with Crippen LogP contribution in [0.1, 0.15) is 51.6 Å². The van der Waals surface area contributed by atoms with E-state index in [1.165, 1.54) is 18.3 Å². The Morgan fingerprint density at radius 1 is 0.810 bits per heavy atom. The van der Waals surface area contributed by atoms with Gasteiger partial charge in [0.05, 0.1) is 6.21 Å². The number of carbonyl (C=O) groups excluding carboxylic acids is 2.